The molecule has 1 aromatic heterocycles. The molecule has 3 unspecified atom stereocenters. The lowest BCUT2D eigenvalue weighted by atomic mass is 9.89. The monoisotopic (exact) mass is 740 g/mol. The van der Waals surface area contributed by atoms with Gasteiger partial charge in [0.25, 0.3) is 0 Å². The summed E-state index contributed by atoms with van der Waals surface area (Å²) in [5.74, 6) is 0.719. The van der Waals surface area contributed by atoms with Crippen LogP contribution in [-0.2, 0) is 24.3 Å². The minimum Gasteiger partial charge on any atom is -0.497 e. The van der Waals surface area contributed by atoms with Crippen LogP contribution in [0.5, 0.6) is 0 Å². The van der Waals surface area contributed by atoms with Gasteiger partial charge in [0.15, 0.2) is 0 Å². The van der Waals surface area contributed by atoms with Gasteiger partial charge < -0.3 is 29.7 Å². The second kappa shape index (κ2) is 14.1. The minimum atomic E-state index is -3.73. The van der Waals surface area contributed by atoms with Crippen LogP contribution in [0, 0.1) is 11.8 Å². The molecule has 1 saturated heterocycles. The van der Waals surface area contributed by atoms with Crippen LogP contribution in [0.1, 0.15) is 75.4 Å². The van der Waals surface area contributed by atoms with Gasteiger partial charge in [0, 0.05) is 37.4 Å². The van der Waals surface area contributed by atoms with Crippen LogP contribution < -0.4 is 10.0 Å². The first-order valence-corrected chi connectivity index (χ1v) is 20.4. The number of rotatable bonds is 9. The van der Waals surface area contributed by atoms with E-state index in [1.807, 2.05) is 41.8 Å². The van der Waals surface area contributed by atoms with E-state index in [9.17, 15) is 23.1 Å². The highest BCUT2D eigenvalue weighted by Crippen LogP contribution is 2.48. The molecule has 7 atom stereocenters. The molecular formula is C36H48N6O7S2. The topological polar surface area (TPSA) is 163 Å². The number of aliphatic hydroxyl groups excluding tert-OH is 1. The zero-order chi connectivity index (χ0) is 36.1. The van der Waals surface area contributed by atoms with Crippen LogP contribution in [0.3, 0.4) is 0 Å². The number of dihydropyridines is 1. The molecular weight excluding hydrogens is 693 g/mol. The molecule has 3 fully saturated rings. The third-order valence-electron chi connectivity index (χ3n) is 10.7. The number of ether oxygens (including phenoxy) is 2. The Morgan fingerprint density at radius 3 is 2.73 bits per heavy atom. The van der Waals surface area contributed by atoms with E-state index < -0.39 is 45.1 Å². The number of fused-ring (bicyclic) bond motifs is 3. The highest BCUT2D eigenvalue weighted by Gasteiger charge is 2.61. The molecule has 1 aromatic rings. The number of hydrogen-bond acceptors (Lipinski definition) is 10. The Hall–Kier alpha value is -3.53. The number of amides is 3. The van der Waals surface area contributed by atoms with Gasteiger partial charge >= 0.3 is 6.03 Å². The Balaban J connectivity index is 1.16. The normalized spacial score (nSPS) is 32.4. The van der Waals surface area contributed by atoms with Crippen LogP contribution in [-0.4, -0.2) is 108 Å². The largest absolute Gasteiger partial charge is 0.497 e. The lowest BCUT2D eigenvalue weighted by Crippen LogP contribution is -2.59. The first kappa shape index (κ1) is 35.9. The molecule has 0 bridgehead atoms. The summed E-state index contributed by atoms with van der Waals surface area (Å²) in [6.45, 7) is 4.91. The summed E-state index contributed by atoms with van der Waals surface area (Å²) >= 11 is 1.53. The van der Waals surface area contributed by atoms with E-state index in [2.05, 4.69) is 23.9 Å². The Bertz CT molecular complexity index is 1800. The van der Waals surface area contributed by atoms with E-state index in [4.69, 9.17) is 19.5 Å². The number of thiazole rings is 1. The van der Waals surface area contributed by atoms with Crippen molar-refractivity contribution in [3.8, 4) is 0 Å². The van der Waals surface area contributed by atoms with Gasteiger partial charge in [-0.25, -0.2) is 18.2 Å². The quantitative estimate of drug-likeness (QED) is 0.256. The lowest BCUT2D eigenvalue weighted by molar-refractivity contribution is -0.127. The zero-order valence-corrected chi connectivity index (χ0v) is 31.2. The van der Waals surface area contributed by atoms with Gasteiger partial charge in [-0.2, -0.15) is 4.72 Å². The van der Waals surface area contributed by atoms with Gasteiger partial charge in [0.2, 0.25) is 15.9 Å². The van der Waals surface area contributed by atoms with Crippen LogP contribution in [0.4, 0.5) is 4.79 Å². The molecule has 0 spiro atoms. The van der Waals surface area contributed by atoms with Crippen LogP contribution >= 0.6 is 11.3 Å². The molecule has 13 nitrogen and oxygen atoms in total. The number of hydrogen-bond donors (Lipinski definition) is 3. The summed E-state index contributed by atoms with van der Waals surface area (Å²) in [5, 5.41) is 16.6. The number of carbonyl (C=O) groups excluding carboxylic acids is 2. The predicted octanol–water partition coefficient (Wildman–Crippen LogP) is 3.56. The minimum absolute atomic E-state index is 0.174. The number of carbonyl (C=O) groups is 2. The van der Waals surface area contributed by atoms with Crippen molar-refractivity contribution in [2.75, 3.05) is 27.2 Å². The van der Waals surface area contributed by atoms with Crippen LogP contribution in [0.2, 0.25) is 0 Å². The van der Waals surface area contributed by atoms with E-state index in [0.29, 0.717) is 43.0 Å². The second-order valence-electron chi connectivity index (χ2n) is 14.8. The number of sulfonamides is 1. The number of aliphatic imine (C=N–C) groups is 1. The summed E-state index contributed by atoms with van der Waals surface area (Å²) < 4.78 is 40.3. The van der Waals surface area contributed by atoms with Gasteiger partial charge in [-0.15, -0.1) is 11.3 Å². The third-order valence-corrected chi connectivity index (χ3v) is 13.5. The van der Waals surface area contributed by atoms with Crippen molar-refractivity contribution >= 4 is 39.0 Å². The molecule has 0 radical (unpaired) electrons. The van der Waals surface area contributed by atoms with Crippen molar-refractivity contribution in [3.05, 3.63) is 64.1 Å². The molecule has 3 amide bonds. The van der Waals surface area contributed by atoms with Gasteiger partial charge in [-0.1, -0.05) is 32.1 Å². The zero-order valence-electron chi connectivity index (χ0n) is 29.5. The number of allylic oxidation sites excluding steroid dienone is 3. The smallest absolute Gasteiger partial charge is 0.320 e. The van der Waals surface area contributed by atoms with E-state index in [0.717, 1.165) is 30.0 Å². The molecule has 276 valence electrons. The maximum absolute atomic E-state index is 14.2. The average Bonchev–Trinajstić information content (AvgIpc) is 3.98. The van der Waals surface area contributed by atoms with Crippen molar-refractivity contribution in [1.82, 2.24) is 24.8 Å². The molecule has 3 aliphatic heterocycles. The predicted molar refractivity (Wildman–Crippen MR) is 193 cm³/mol. The summed E-state index contributed by atoms with van der Waals surface area (Å²) in [5.41, 5.74) is 0.472. The fourth-order valence-corrected chi connectivity index (χ4v) is 9.74. The van der Waals surface area contributed by atoms with Crippen molar-refractivity contribution in [1.29, 1.82) is 0 Å². The van der Waals surface area contributed by atoms with Gasteiger partial charge in [-0.05, 0) is 56.6 Å². The number of nitrogens with zero attached hydrogens (tertiary/aromatic N) is 4. The average molecular weight is 741 g/mol. The maximum Gasteiger partial charge on any atom is 0.320 e. The molecule has 3 aliphatic carbocycles. The molecule has 51 heavy (non-hydrogen) atoms. The van der Waals surface area contributed by atoms with E-state index >= 15 is 0 Å². The summed E-state index contributed by atoms with van der Waals surface area (Å²) in [7, 11) is -0.370. The van der Waals surface area contributed by atoms with Crippen molar-refractivity contribution in [3.63, 3.8) is 0 Å². The first-order valence-electron chi connectivity index (χ1n) is 17.9. The standard InChI is InChI=1S/C36H48N6O7S2/c1-21(2)29-20-50-33(38-29)28-17-31(26-13-10-23(48-4)15-27(26)37-28)49-24-16-30-32(43)39-36(34(44)40-51(46,47)25-11-12-25)18-22(36)9-7-5-6-8-14-41(3)35(45)42(30)19-24/h7,9-10,13,15,17,20-22,24-27,30,34,40,44H,5-6,8,11-12,14,16,18-19H2,1-4H3,(H,39,43)/b9-7-/t22-,24-,26?,27?,30+,34?,36-/m1/s1. The highest BCUT2D eigenvalue weighted by molar-refractivity contribution is 7.90. The second-order valence-corrected chi connectivity index (χ2v) is 17.7. The molecule has 0 aromatic carbocycles. The Morgan fingerprint density at radius 2 is 2.00 bits per heavy atom. The first-order chi connectivity index (χ1) is 24.4. The SMILES string of the molecule is COC1=CC2N=C(c3nc(C(C)C)cs3)C=C(O[C@@H]3C[C@H]4C(=O)N[C@]5(C(O)NS(=O)(=O)C6CC6)C[C@H]5/C=C\CCCCN(C)C(=O)N4C3)C2C=C1. The molecule has 3 N–H and O–H groups in total. The third kappa shape index (κ3) is 7.40. The number of methoxy groups -OCH3 is 1. The summed E-state index contributed by atoms with van der Waals surface area (Å²) in [6, 6.07) is -1.46. The molecule has 15 heteroatoms. The lowest BCUT2D eigenvalue weighted by Gasteiger charge is -2.32. The van der Waals surface area contributed by atoms with Crippen molar-refractivity contribution in [2.45, 2.75) is 99.9 Å². The maximum atomic E-state index is 14.2. The van der Waals surface area contributed by atoms with Crippen LogP contribution in [0.15, 0.2) is 58.3 Å². The summed E-state index contributed by atoms with van der Waals surface area (Å²) in [6.07, 6.45) is 13.8. The van der Waals surface area contributed by atoms with Gasteiger partial charge in [-0.3, -0.25) is 9.79 Å². The van der Waals surface area contributed by atoms with Crippen molar-refractivity contribution in [2.24, 2.45) is 16.8 Å². The fraction of sp³-hybridized carbons (Fsp3) is 0.611. The van der Waals surface area contributed by atoms with Crippen molar-refractivity contribution < 1.29 is 32.6 Å². The van der Waals surface area contributed by atoms with E-state index in [1.54, 1.807) is 24.0 Å². The molecule has 2 saturated carbocycles. The van der Waals surface area contributed by atoms with Gasteiger partial charge in [0.05, 0.1) is 47.8 Å². The number of aromatic nitrogens is 1. The molecule has 7 rings (SSSR count). The van der Waals surface area contributed by atoms with E-state index in [-0.39, 0.29) is 42.8 Å². The van der Waals surface area contributed by atoms with Gasteiger partial charge in [0.1, 0.15) is 34.9 Å². The molecule has 4 heterocycles. The highest BCUT2D eigenvalue weighted by atomic mass is 32.2. The Labute approximate surface area is 303 Å². The Kier molecular flexibility index (Phi) is 9.93. The molecule has 6 aliphatic rings. The number of urea groups is 1. The Morgan fingerprint density at radius 1 is 1.20 bits per heavy atom. The van der Waals surface area contributed by atoms with Crippen LogP contribution in [0.25, 0.3) is 0 Å². The number of aliphatic hydroxyl groups is 1. The number of nitrogens with one attached hydrogen (secondary N) is 2. The van der Waals surface area contributed by atoms with E-state index in [1.165, 1.54) is 11.3 Å². The summed E-state index contributed by atoms with van der Waals surface area (Å²) in [4.78, 5) is 41.2. The fourth-order valence-electron chi connectivity index (χ4n) is 7.33.